The van der Waals surface area contributed by atoms with Gasteiger partial charge in [0, 0.05) is 12.1 Å². The van der Waals surface area contributed by atoms with E-state index in [1.54, 1.807) is 6.92 Å². The van der Waals surface area contributed by atoms with Gasteiger partial charge in [-0.3, -0.25) is 4.79 Å². The SMILES string of the molecule is CC(O)CNC(C)C(=O)NC(C)(C)CC(C)(C)C. The van der Waals surface area contributed by atoms with E-state index in [2.05, 4.69) is 31.4 Å². The van der Waals surface area contributed by atoms with Crippen LogP contribution in [0.25, 0.3) is 0 Å². The van der Waals surface area contributed by atoms with E-state index < -0.39 is 6.10 Å². The summed E-state index contributed by atoms with van der Waals surface area (Å²) in [7, 11) is 0. The lowest BCUT2D eigenvalue weighted by molar-refractivity contribution is -0.124. The molecule has 3 N–H and O–H groups in total. The summed E-state index contributed by atoms with van der Waals surface area (Å²) in [5.41, 5.74) is -0.0524. The molecular weight excluding hydrogens is 228 g/mol. The van der Waals surface area contributed by atoms with Crippen LogP contribution in [0.2, 0.25) is 0 Å². The molecule has 2 atom stereocenters. The number of amides is 1. The average molecular weight is 258 g/mol. The third-order valence-electron chi connectivity index (χ3n) is 2.55. The maximum absolute atomic E-state index is 12.0. The minimum absolute atomic E-state index is 0.0232. The number of rotatable bonds is 6. The Hall–Kier alpha value is -0.610. The minimum Gasteiger partial charge on any atom is -0.392 e. The van der Waals surface area contributed by atoms with Crippen LogP contribution in [-0.4, -0.2) is 35.2 Å². The molecule has 0 bridgehead atoms. The fourth-order valence-electron chi connectivity index (χ4n) is 2.25. The monoisotopic (exact) mass is 258 g/mol. The predicted molar refractivity (Wildman–Crippen MR) is 75.4 cm³/mol. The van der Waals surface area contributed by atoms with E-state index in [1.165, 1.54) is 0 Å². The molecule has 108 valence electrons. The lowest BCUT2D eigenvalue weighted by Crippen LogP contribution is -2.52. The molecule has 0 saturated carbocycles. The number of carbonyl (C=O) groups is 1. The third kappa shape index (κ3) is 8.48. The summed E-state index contributed by atoms with van der Waals surface area (Å²) < 4.78 is 0. The summed E-state index contributed by atoms with van der Waals surface area (Å²) in [6.45, 7) is 14.5. The summed E-state index contributed by atoms with van der Waals surface area (Å²) in [5, 5.41) is 15.2. The molecule has 18 heavy (non-hydrogen) atoms. The van der Waals surface area contributed by atoms with Crippen molar-refractivity contribution in [3.05, 3.63) is 0 Å². The standard InChI is InChI=1S/C14H30N2O2/c1-10(17)8-15-11(2)12(18)16-14(6,7)9-13(3,4)5/h10-11,15,17H,8-9H2,1-7H3,(H,16,18). The molecule has 0 aliphatic heterocycles. The van der Waals surface area contributed by atoms with Crippen molar-refractivity contribution in [3.63, 3.8) is 0 Å². The summed E-state index contributed by atoms with van der Waals surface area (Å²) in [6.07, 6.45) is 0.470. The first-order valence-corrected chi connectivity index (χ1v) is 6.66. The molecule has 0 saturated heterocycles. The van der Waals surface area contributed by atoms with Gasteiger partial charge in [-0.1, -0.05) is 20.8 Å². The van der Waals surface area contributed by atoms with Crippen LogP contribution < -0.4 is 10.6 Å². The highest BCUT2D eigenvalue weighted by molar-refractivity contribution is 5.81. The van der Waals surface area contributed by atoms with Crippen LogP contribution in [0.3, 0.4) is 0 Å². The van der Waals surface area contributed by atoms with Crippen LogP contribution in [-0.2, 0) is 4.79 Å². The maximum atomic E-state index is 12.0. The van der Waals surface area contributed by atoms with Gasteiger partial charge in [0.05, 0.1) is 12.1 Å². The van der Waals surface area contributed by atoms with Crippen molar-refractivity contribution in [1.29, 1.82) is 0 Å². The van der Waals surface area contributed by atoms with Crippen LogP contribution in [0.15, 0.2) is 0 Å². The molecule has 4 heteroatoms. The minimum atomic E-state index is -0.442. The number of nitrogens with one attached hydrogen (secondary N) is 2. The normalized spacial score (nSPS) is 16.2. The quantitative estimate of drug-likeness (QED) is 0.679. The van der Waals surface area contributed by atoms with E-state index in [-0.39, 0.29) is 22.9 Å². The zero-order valence-electron chi connectivity index (χ0n) is 12.9. The number of hydrogen-bond donors (Lipinski definition) is 3. The Kier molecular flexibility index (Phi) is 6.30. The van der Waals surface area contributed by atoms with Crippen molar-refractivity contribution >= 4 is 5.91 Å². The van der Waals surface area contributed by atoms with Crippen LogP contribution in [0, 0.1) is 5.41 Å². The van der Waals surface area contributed by atoms with E-state index >= 15 is 0 Å². The molecular formula is C14H30N2O2. The van der Waals surface area contributed by atoms with E-state index in [0.717, 1.165) is 6.42 Å². The van der Waals surface area contributed by atoms with Crippen molar-refractivity contribution in [2.75, 3.05) is 6.54 Å². The summed E-state index contributed by atoms with van der Waals surface area (Å²) in [4.78, 5) is 12.0. The Labute approximate surface area is 112 Å². The van der Waals surface area contributed by atoms with Gasteiger partial charge >= 0.3 is 0 Å². The fraction of sp³-hybridized carbons (Fsp3) is 0.929. The Morgan fingerprint density at radius 1 is 1.17 bits per heavy atom. The largest absolute Gasteiger partial charge is 0.392 e. The molecule has 0 rings (SSSR count). The van der Waals surface area contributed by atoms with Gasteiger partial charge in [-0.15, -0.1) is 0 Å². The molecule has 2 unspecified atom stereocenters. The second kappa shape index (κ2) is 6.53. The van der Waals surface area contributed by atoms with E-state index in [4.69, 9.17) is 0 Å². The predicted octanol–water partition coefficient (Wildman–Crippen LogP) is 1.68. The molecule has 4 nitrogen and oxygen atoms in total. The third-order valence-corrected chi connectivity index (χ3v) is 2.55. The van der Waals surface area contributed by atoms with Crippen LogP contribution >= 0.6 is 0 Å². The molecule has 0 heterocycles. The fourth-order valence-corrected chi connectivity index (χ4v) is 2.25. The first-order valence-electron chi connectivity index (χ1n) is 6.66. The first-order chi connectivity index (χ1) is 7.93. The highest BCUT2D eigenvalue weighted by Gasteiger charge is 2.28. The van der Waals surface area contributed by atoms with Crippen LogP contribution in [0.5, 0.6) is 0 Å². The van der Waals surface area contributed by atoms with Gasteiger partial charge in [-0.25, -0.2) is 0 Å². The molecule has 1 amide bonds. The van der Waals surface area contributed by atoms with Gasteiger partial charge in [0.25, 0.3) is 0 Å². The smallest absolute Gasteiger partial charge is 0.237 e. The number of aliphatic hydroxyl groups excluding tert-OH is 1. The van der Waals surface area contributed by atoms with E-state index in [9.17, 15) is 9.90 Å². The first kappa shape index (κ1) is 17.4. The average Bonchev–Trinajstić information content (AvgIpc) is 2.08. The lowest BCUT2D eigenvalue weighted by atomic mass is 9.81. The topological polar surface area (TPSA) is 61.4 Å². The van der Waals surface area contributed by atoms with E-state index in [0.29, 0.717) is 6.54 Å². The molecule has 0 fully saturated rings. The van der Waals surface area contributed by atoms with Crippen molar-refractivity contribution in [2.45, 2.75) is 72.6 Å². The van der Waals surface area contributed by atoms with Crippen molar-refractivity contribution in [3.8, 4) is 0 Å². The van der Waals surface area contributed by atoms with Gasteiger partial charge in [0.2, 0.25) is 5.91 Å². The Morgan fingerprint density at radius 2 is 1.67 bits per heavy atom. The number of carbonyl (C=O) groups excluding carboxylic acids is 1. The highest BCUT2D eigenvalue weighted by atomic mass is 16.3. The van der Waals surface area contributed by atoms with Gasteiger partial charge in [0.15, 0.2) is 0 Å². The number of aliphatic hydroxyl groups is 1. The van der Waals surface area contributed by atoms with Gasteiger partial charge in [-0.2, -0.15) is 0 Å². The molecule has 0 aromatic rings. The highest BCUT2D eigenvalue weighted by Crippen LogP contribution is 2.26. The zero-order chi connectivity index (χ0) is 14.6. The summed E-state index contributed by atoms with van der Waals surface area (Å²) >= 11 is 0. The van der Waals surface area contributed by atoms with Crippen LogP contribution in [0.4, 0.5) is 0 Å². The maximum Gasteiger partial charge on any atom is 0.237 e. The Morgan fingerprint density at radius 3 is 2.06 bits per heavy atom. The number of hydrogen-bond acceptors (Lipinski definition) is 3. The van der Waals surface area contributed by atoms with Crippen LogP contribution in [0.1, 0.15) is 54.9 Å². The molecule has 0 aliphatic rings. The second-order valence-corrected chi connectivity index (χ2v) is 7.09. The summed E-state index contributed by atoms with van der Waals surface area (Å²) in [5.74, 6) is -0.0232. The van der Waals surface area contributed by atoms with Gasteiger partial charge in [-0.05, 0) is 39.5 Å². The van der Waals surface area contributed by atoms with Gasteiger partial charge in [0.1, 0.15) is 0 Å². The zero-order valence-corrected chi connectivity index (χ0v) is 12.9. The van der Waals surface area contributed by atoms with Crippen molar-refractivity contribution < 1.29 is 9.90 Å². The van der Waals surface area contributed by atoms with Gasteiger partial charge < -0.3 is 15.7 Å². The summed E-state index contributed by atoms with van der Waals surface area (Å²) in [6, 6.07) is -0.293. The molecule has 0 radical (unpaired) electrons. The lowest BCUT2D eigenvalue weighted by Gasteiger charge is -2.34. The van der Waals surface area contributed by atoms with Crippen molar-refractivity contribution in [2.24, 2.45) is 5.41 Å². The molecule has 0 aromatic heterocycles. The second-order valence-electron chi connectivity index (χ2n) is 7.09. The molecule has 0 spiro atoms. The molecule has 0 aromatic carbocycles. The van der Waals surface area contributed by atoms with Crippen molar-refractivity contribution in [1.82, 2.24) is 10.6 Å². The Balaban J connectivity index is 4.28. The molecule has 0 aliphatic carbocycles. The van der Waals surface area contributed by atoms with E-state index in [1.807, 2.05) is 20.8 Å². The Bertz CT molecular complexity index is 267.